The molecule has 0 spiro atoms. The molecule has 1 rings (SSSR count). The molecule has 2 N–H and O–H groups in total. The van der Waals surface area contributed by atoms with Gasteiger partial charge in [-0.15, -0.1) is 0 Å². The lowest BCUT2D eigenvalue weighted by molar-refractivity contribution is -0.115. The third-order valence-corrected chi connectivity index (χ3v) is 2.22. The molecule has 1 aromatic rings. The largest absolute Gasteiger partial charge is 0.364 e. The number of primary amides is 1. The van der Waals surface area contributed by atoms with Crippen molar-refractivity contribution in [2.45, 2.75) is 6.92 Å². The van der Waals surface area contributed by atoms with Gasteiger partial charge in [0.1, 0.15) is 11.5 Å². The average Bonchev–Trinajstić information content (AvgIpc) is 2.30. The fourth-order valence-corrected chi connectivity index (χ4v) is 1.32. The first kappa shape index (κ1) is 12.9. The molecule has 1 aromatic carbocycles. The van der Waals surface area contributed by atoms with E-state index in [1.165, 1.54) is 12.1 Å². The van der Waals surface area contributed by atoms with Gasteiger partial charge in [-0.25, -0.2) is 4.39 Å². The molecule has 4 nitrogen and oxygen atoms in total. The summed E-state index contributed by atoms with van der Waals surface area (Å²) in [5, 5.41) is 0. The van der Waals surface area contributed by atoms with Crippen LogP contribution in [0.4, 0.5) is 4.39 Å². The molecule has 0 unspecified atom stereocenters. The Kier molecular flexibility index (Phi) is 3.98. The molecular weight excluding hydrogens is 223 g/mol. The van der Waals surface area contributed by atoms with Crippen LogP contribution in [0.3, 0.4) is 0 Å². The quantitative estimate of drug-likeness (QED) is 0.794. The van der Waals surface area contributed by atoms with Crippen molar-refractivity contribution < 1.29 is 14.0 Å². The monoisotopic (exact) mass is 235 g/mol. The summed E-state index contributed by atoms with van der Waals surface area (Å²) in [5.74, 6) is -2.17. The van der Waals surface area contributed by atoms with Gasteiger partial charge in [0.25, 0.3) is 11.8 Å². The molecule has 0 atom stereocenters. The van der Waals surface area contributed by atoms with Crippen molar-refractivity contribution in [2.24, 2.45) is 5.73 Å². The Morgan fingerprint density at radius 3 is 2.71 bits per heavy atom. The van der Waals surface area contributed by atoms with Crippen LogP contribution < -0.4 is 5.73 Å². The molecule has 0 saturated heterocycles. The number of benzene rings is 1. The number of nitrogens with zero attached hydrogens (tertiary/aromatic N) is 1. The van der Waals surface area contributed by atoms with E-state index < -0.39 is 17.6 Å². The minimum atomic E-state index is -0.817. The number of amides is 2. The molecule has 89 valence electrons. The summed E-state index contributed by atoms with van der Waals surface area (Å²) in [7, 11) is 0. The SMILES string of the molecule is C=C(C(N)=O)N(CC)C(=O)c1cc[c]cc1F. The van der Waals surface area contributed by atoms with Crippen molar-refractivity contribution in [2.75, 3.05) is 6.54 Å². The van der Waals surface area contributed by atoms with Crippen molar-refractivity contribution in [3.8, 4) is 0 Å². The van der Waals surface area contributed by atoms with E-state index in [2.05, 4.69) is 12.6 Å². The first-order valence-corrected chi connectivity index (χ1v) is 4.95. The van der Waals surface area contributed by atoms with E-state index in [1.807, 2.05) is 0 Å². The van der Waals surface area contributed by atoms with E-state index >= 15 is 0 Å². The number of likely N-dealkylation sites (N-methyl/N-ethyl adjacent to an activating group) is 1. The molecule has 0 aliphatic carbocycles. The maximum absolute atomic E-state index is 13.4. The standard InChI is InChI=1S/C12H12FN2O2/c1-3-15(8(2)11(14)16)12(17)9-6-4-5-7-10(9)13/h4,6-7H,2-3H2,1H3,(H2,14,16). The number of hydrogen-bond acceptors (Lipinski definition) is 2. The van der Waals surface area contributed by atoms with Crippen molar-refractivity contribution in [3.63, 3.8) is 0 Å². The van der Waals surface area contributed by atoms with Crippen LogP contribution in [0.2, 0.25) is 0 Å². The summed E-state index contributed by atoms with van der Waals surface area (Å²) in [4.78, 5) is 23.9. The van der Waals surface area contributed by atoms with Gasteiger partial charge in [-0.2, -0.15) is 0 Å². The van der Waals surface area contributed by atoms with Crippen LogP contribution in [0.25, 0.3) is 0 Å². The van der Waals surface area contributed by atoms with Gasteiger partial charge >= 0.3 is 0 Å². The number of rotatable bonds is 4. The minimum absolute atomic E-state index is 0.145. The van der Waals surface area contributed by atoms with Gasteiger partial charge < -0.3 is 10.6 Å². The molecule has 0 fully saturated rings. The number of hydrogen-bond donors (Lipinski definition) is 1. The van der Waals surface area contributed by atoms with Crippen molar-refractivity contribution in [3.05, 3.63) is 47.9 Å². The molecule has 0 aliphatic heterocycles. The fraction of sp³-hybridized carbons (Fsp3) is 0.167. The number of halogens is 1. The van der Waals surface area contributed by atoms with Gasteiger partial charge in [0, 0.05) is 6.54 Å². The third-order valence-electron chi connectivity index (χ3n) is 2.22. The summed E-state index contributed by atoms with van der Waals surface area (Å²) >= 11 is 0. The maximum Gasteiger partial charge on any atom is 0.264 e. The summed E-state index contributed by atoms with van der Waals surface area (Å²) in [6.45, 7) is 5.22. The normalized spacial score (nSPS) is 9.76. The Morgan fingerprint density at radius 1 is 1.59 bits per heavy atom. The molecule has 0 saturated carbocycles. The van der Waals surface area contributed by atoms with Gasteiger partial charge in [0.05, 0.1) is 5.56 Å². The molecular formula is C12H12FN2O2. The maximum atomic E-state index is 13.4. The second-order valence-corrected chi connectivity index (χ2v) is 3.27. The van der Waals surface area contributed by atoms with Crippen LogP contribution in [-0.2, 0) is 4.79 Å². The van der Waals surface area contributed by atoms with Gasteiger partial charge in [-0.05, 0) is 25.1 Å². The van der Waals surface area contributed by atoms with E-state index in [-0.39, 0.29) is 17.8 Å². The molecule has 2 amide bonds. The number of nitrogens with two attached hydrogens (primary N) is 1. The minimum Gasteiger partial charge on any atom is -0.364 e. The van der Waals surface area contributed by atoms with Crippen molar-refractivity contribution in [1.82, 2.24) is 4.90 Å². The molecule has 17 heavy (non-hydrogen) atoms. The van der Waals surface area contributed by atoms with Crippen LogP contribution in [0.5, 0.6) is 0 Å². The molecule has 5 heteroatoms. The summed E-state index contributed by atoms with van der Waals surface area (Å²) < 4.78 is 13.4. The first-order chi connectivity index (χ1) is 7.99. The smallest absolute Gasteiger partial charge is 0.264 e. The van der Waals surface area contributed by atoms with E-state index in [1.54, 1.807) is 6.92 Å². The van der Waals surface area contributed by atoms with Gasteiger partial charge in [0.15, 0.2) is 0 Å². The molecule has 0 heterocycles. The van der Waals surface area contributed by atoms with Crippen LogP contribution in [-0.4, -0.2) is 23.3 Å². The lowest BCUT2D eigenvalue weighted by Crippen LogP contribution is -2.36. The van der Waals surface area contributed by atoms with Gasteiger partial charge in [-0.1, -0.05) is 12.6 Å². The molecule has 0 aromatic heterocycles. The highest BCUT2D eigenvalue weighted by atomic mass is 19.1. The molecule has 1 radical (unpaired) electrons. The van der Waals surface area contributed by atoms with Crippen molar-refractivity contribution in [1.29, 1.82) is 0 Å². The highest BCUT2D eigenvalue weighted by molar-refractivity contribution is 6.02. The van der Waals surface area contributed by atoms with E-state index in [4.69, 9.17) is 5.73 Å². The van der Waals surface area contributed by atoms with Crippen molar-refractivity contribution >= 4 is 11.8 Å². The van der Waals surface area contributed by atoms with E-state index in [0.717, 1.165) is 11.0 Å². The summed E-state index contributed by atoms with van der Waals surface area (Å²) in [6, 6.07) is 6.25. The zero-order chi connectivity index (χ0) is 13.0. The van der Waals surface area contributed by atoms with E-state index in [0.29, 0.717) is 0 Å². The van der Waals surface area contributed by atoms with Crippen LogP contribution in [0.1, 0.15) is 17.3 Å². The predicted molar refractivity (Wildman–Crippen MR) is 60.3 cm³/mol. The zero-order valence-electron chi connectivity index (χ0n) is 9.37. The number of carbonyl (C=O) groups excluding carboxylic acids is 2. The topological polar surface area (TPSA) is 63.4 Å². The summed E-state index contributed by atoms with van der Waals surface area (Å²) in [5.41, 5.74) is 4.73. The van der Waals surface area contributed by atoms with Gasteiger partial charge in [-0.3, -0.25) is 9.59 Å². The second kappa shape index (κ2) is 5.25. The van der Waals surface area contributed by atoms with E-state index in [9.17, 15) is 14.0 Å². The Morgan fingerprint density at radius 2 is 2.24 bits per heavy atom. The number of carbonyl (C=O) groups is 2. The van der Waals surface area contributed by atoms with Crippen LogP contribution in [0.15, 0.2) is 30.5 Å². The molecule has 0 bridgehead atoms. The third kappa shape index (κ3) is 2.69. The van der Waals surface area contributed by atoms with Crippen LogP contribution in [0, 0.1) is 11.9 Å². The summed E-state index contributed by atoms with van der Waals surface area (Å²) in [6.07, 6.45) is 0. The Balaban J connectivity index is 3.07. The lowest BCUT2D eigenvalue weighted by atomic mass is 10.1. The highest BCUT2D eigenvalue weighted by Crippen LogP contribution is 2.12. The van der Waals surface area contributed by atoms with Crippen LogP contribution >= 0.6 is 0 Å². The highest BCUT2D eigenvalue weighted by Gasteiger charge is 2.22. The first-order valence-electron chi connectivity index (χ1n) is 4.95. The fourth-order valence-electron chi connectivity index (χ4n) is 1.32. The lowest BCUT2D eigenvalue weighted by Gasteiger charge is -2.21. The Hall–Kier alpha value is -2.17. The zero-order valence-corrected chi connectivity index (χ0v) is 9.37. The average molecular weight is 235 g/mol. The second-order valence-electron chi connectivity index (χ2n) is 3.27. The Bertz CT molecular complexity index is 471. The Labute approximate surface area is 98.5 Å². The predicted octanol–water partition coefficient (Wildman–Crippen LogP) is 1.09. The van der Waals surface area contributed by atoms with Gasteiger partial charge in [0.2, 0.25) is 0 Å². The molecule has 0 aliphatic rings.